The second kappa shape index (κ2) is 6.17. The minimum Gasteiger partial charge on any atom is -0.348 e. The molecule has 20 heavy (non-hydrogen) atoms. The van der Waals surface area contributed by atoms with Gasteiger partial charge in [-0.1, -0.05) is 11.6 Å². The third-order valence-corrected chi connectivity index (χ3v) is 2.86. The Hall–Kier alpha value is -1.69. The quantitative estimate of drug-likeness (QED) is 0.926. The molecule has 1 rings (SSSR count). The van der Waals surface area contributed by atoms with E-state index in [0.29, 0.717) is 5.69 Å². The van der Waals surface area contributed by atoms with E-state index in [2.05, 4.69) is 10.3 Å². The second-order valence-corrected chi connectivity index (χ2v) is 5.45. The van der Waals surface area contributed by atoms with E-state index in [-0.39, 0.29) is 23.0 Å². The number of halogens is 2. The lowest BCUT2D eigenvalue weighted by molar-refractivity contribution is -0.128. The lowest BCUT2D eigenvalue weighted by atomic mass is 10.1. The standard InChI is InChI=1S/C13H17ClFN3O2/c1-13(2,15)12(20)17-8-5-9(14)10(16-7-8)6-11(19)18(3)4/h5,7H,6H2,1-4H3,(H,17,20). The van der Waals surface area contributed by atoms with Gasteiger partial charge in [0, 0.05) is 14.1 Å². The van der Waals surface area contributed by atoms with E-state index in [0.717, 1.165) is 13.8 Å². The Morgan fingerprint density at radius 1 is 1.45 bits per heavy atom. The van der Waals surface area contributed by atoms with Gasteiger partial charge in [0.05, 0.1) is 29.0 Å². The SMILES string of the molecule is CN(C)C(=O)Cc1ncc(NC(=O)C(C)(C)F)cc1Cl. The number of nitrogens with one attached hydrogen (secondary N) is 1. The number of likely N-dealkylation sites (N-methyl/N-ethyl adjacent to an activating group) is 1. The molecule has 2 amide bonds. The van der Waals surface area contributed by atoms with Gasteiger partial charge in [0.15, 0.2) is 5.67 Å². The number of alkyl halides is 1. The van der Waals surface area contributed by atoms with Crippen LogP contribution in [0.4, 0.5) is 10.1 Å². The minimum absolute atomic E-state index is 0.0642. The lowest BCUT2D eigenvalue weighted by Gasteiger charge is -2.15. The first-order chi connectivity index (χ1) is 9.11. The fourth-order valence-electron chi connectivity index (χ4n) is 1.25. The molecule has 0 aliphatic heterocycles. The minimum atomic E-state index is -1.99. The van der Waals surface area contributed by atoms with Crippen LogP contribution < -0.4 is 5.32 Å². The number of carbonyl (C=O) groups excluding carboxylic acids is 2. The zero-order valence-electron chi connectivity index (χ0n) is 11.8. The van der Waals surface area contributed by atoms with E-state index in [9.17, 15) is 14.0 Å². The summed E-state index contributed by atoms with van der Waals surface area (Å²) in [5.41, 5.74) is -1.30. The van der Waals surface area contributed by atoms with Crippen LogP contribution in [0.5, 0.6) is 0 Å². The van der Waals surface area contributed by atoms with Crippen molar-refractivity contribution < 1.29 is 14.0 Å². The number of nitrogens with zero attached hydrogens (tertiary/aromatic N) is 2. The molecular weight excluding hydrogens is 285 g/mol. The molecule has 1 aromatic heterocycles. The van der Waals surface area contributed by atoms with Crippen molar-refractivity contribution in [1.82, 2.24) is 9.88 Å². The molecule has 0 fully saturated rings. The van der Waals surface area contributed by atoms with E-state index in [1.165, 1.54) is 17.2 Å². The molecule has 0 saturated heterocycles. The number of rotatable bonds is 4. The fraction of sp³-hybridized carbons (Fsp3) is 0.462. The molecule has 0 atom stereocenters. The van der Waals surface area contributed by atoms with E-state index in [1.54, 1.807) is 14.1 Å². The number of pyridine rings is 1. The van der Waals surface area contributed by atoms with Crippen LogP contribution in [-0.4, -0.2) is 41.5 Å². The summed E-state index contributed by atoms with van der Waals surface area (Å²) in [6, 6.07) is 1.44. The summed E-state index contributed by atoms with van der Waals surface area (Å²) in [6.45, 7) is 2.31. The zero-order valence-corrected chi connectivity index (χ0v) is 12.6. The molecular formula is C13H17ClFN3O2. The molecule has 5 nitrogen and oxygen atoms in total. The molecule has 0 spiro atoms. The van der Waals surface area contributed by atoms with Crippen LogP contribution >= 0.6 is 11.6 Å². The Balaban J connectivity index is 2.83. The van der Waals surface area contributed by atoms with E-state index < -0.39 is 11.6 Å². The first kappa shape index (κ1) is 16.4. The third kappa shape index (κ3) is 4.45. The van der Waals surface area contributed by atoms with Gasteiger partial charge in [-0.05, 0) is 19.9 Å². The molecule has 1 aromatic rings. The zero-order chi connectivity index (χ0) is 15.5. The highest BCUT2D eigenvalue weighted by molar-refractivity contribution is 6.31. The predicted molar refractivity (Wildman–Crippen MR) is 75.5 cm³/mol. The molecule has 7 heteroatoms. The van der Waals surface area contributed by atoms with Crippen molar-refractivity contribution in [2.24, 2.45) is 0 Å². The normalized spacial score (nSPS) is 11.1. The largest absolute Gasteiger partial charge is 0.348 e. The fourth-order valence-corrected chi connectivity index (χ4v) is 1.48. The molecule has 0 aliphatic rings. The van der Waals surface area contributed by atoms with Crippen molar-refractivity contribution in [2.45, 2.75) is 25.9 Å². The molecule has 110 valence electrons. The topological polar surface area (TPSA) is 62.3 Å². The average Bonchev–Trinajstić information content (AvgIpc) is 2.31. The van der Waals surface area contributed by atoms with E-state index in [4.69, 9.17) is 11.6 Å². The molecule has 1 N–H and O–H groups in total. The maximum absolute atomic E-state index is 13.4. The monoisotopic (exact) mass is 301 g/mol. The Bertz CT molecular complexity index is 527. The molecule has 0 aliphatic carbocycles. The van der Waals surface area contributed by atoms with Gasteiger partial charge in [0.25, 0.3) is 5.91 Å². The number of carbonyl (C=O) groups is 2. The Morgan fingerprint density at radius 3 is 2.50 bits per heavy atom. The molecule has 0 radical (unpaired) electrons. The van der Waals surface area contributed by atoms with Crippen LogP contribution in [0.2, 0.25) is 5.02 Å². The van der Waals surface area contributed by atoms with Gasteiger partial charge in [-0.25, -0.2) is 4.39 Å². The molecule has 0 unspecified atom stereocenters. The first-order valence-electron chi connectivity index (χ1n) is 5.96. The van der Waals surface area contributed by atoms with Gasteiger partial charge >= 0.3 is 0 Å². The van der Waals surface area contributed by atoms with Crippen molar-refractivity contribution >= 4 is 29.1 Å². The Labute approximate surface area is 122 Å². The van der Waals surface area contributed by atoms with Gasteiger partial charge in [0.1, 0.15) is 0 Å². The summed E-state index contributed by atoms with van der Waals surface area (Å²) in [5, 5.41) is 2.61. The van der Waals surface area contributed by atoms with Gasteiger partial charge < -0.3 is 10.2 Å². The summed E-state index contributed by atoms with van der Waals surface area (Å²) >= 11 is 6.00. The van der Waals surface area contributed by atoms with Crippen LogP contribution in [0.1, 0.15) is 19.5 Å². The maximum Gasteiger partial charge on any atom is 0.261 e. The third-order valence-electron chi connectivity index (χ3n) is 2.53. The average molecular weight is 302 g/mol. The second-order valence-electron chi connectivity index (χ2n) is 5.04. The Morgan fingerprint density at radius 2 is 2.05 bits per heavy atom. The van der Waals surface area contributed by atoms with Gasteiger partial charge in [-0.2, -0.15) is 0 Å². The van der Waals surface area contributed by atoms with Gasteiger partial charge in [0.2, 0.25) is 5.91 Å². The number of hydrogen-bond acceptors (Lipinski definition) is 3. The van der Waals surface area contributed by atoms with E-state index >= 15 is 0 Å². The number of aromatic nitrogens is 1. The first-order valence-corrected chi connectivity index (χ1v) is 6.34. The molecule has 0 aromatic carbocycles. The highest BCUT2D eigenvalue weighted by atomic mass is 35.5. The van der Waals surface area contributed by atoms with Crippen LogP contribution in [-0.2, 0) is 16.0 Å². The smallest absolute Gasteiger partial charge is 0.261 e. The van der Waals surface area contributed by atoms with Crippen LogP contribution in [0.3, 0.4) is 0 Å². The summed E-state index contributed by atoms with van der Waals surface area (Å²) < 4.78 is 13.4. The van der Waals surface area contributed by atoms with Crippen LogP contribution in [0, 0.1) is 0 Å². The highest BCUT2D eigenvalue weighted by Gasteiger charge is 2.26. The molecule has 1 heterocycles. The van der Waals surface area contributed by atoms with Gasteiger partial charge in [-0.3, -0.25) is 14.6 Å². The van der Waals surface area contributed by atoms with Gasteiger partial charge in [-0.15, -0.1) is 0 Å². The Kier molecular flexibility index (Phi) is 5.05. The summed E-state index contributed by atoms with van der Waals surface area (Å²) in [7, 11) is 3.27. The summed E-state index contributed by atoms with van der Waals surface area (Å²) in [6.07, 6.45) is 1.41. The summed E-state index contributed by atoms with van der Waals surface area (Å²) in [4.78, 5) is 28.5. The van der Waals surface area contributed by atoms with Crippen molar-refractivity contribution in [3.05, 3.63) is 23.0 Å². The predicted octanol–water partition coefficient (Wildman–Crippen LogP) is 2.05. The number of amides is 2. The number of anilines is 1. The van der Waals surface area contributed by atoms with Crippen molar-refractivity contribution in [3.8, 4) is 0 Å². The summed E-state index contributed by atoms with van der Waals surface area (Å²) in [5.74, 6) is -0.923. The maximum atomic E-state index is 13.4. The molecule has 0 saturated carbocycles. The van der Waals surface area contributed by atoms with Crippen molar-refractivity contribution in [2.75, 3.05) is 19.4 Å². The van der Waals surface area contributed by atoms with Crippen LogP contribution in [0.15, 0.2) is 12.3 Å². The van der Waals surface area contributed by atoms with E-state index in [1.807, 2.05) is 0 Å². The highest BCUT2D eigenvalue weighted by Crippen LogP contribution is 2.21. The van der Waals surface area contributed by atoms with Crippen molar-refractivity contribution in [1.29, 1.82) is 0 Å². The lowest BCUT2D eigenvalue weighted by Crippen LogP contribution is -2.32. The van der Waals surface area contributed by atoms with Crippen molar-refractivity contribution in [3.63, 3.8) is 0 Å². The van der Waals surface area contributed by atoms with Crippen LogP contribution in [0.25, 0.3) is 0 Å². The molecule has 0 bridgehead atoms. The number of hydrogen-bond donors (Lipinski definition) is 1.